The predicted octanol–water partition coefficient (Wildman–Crippen LogP) is 1.18. The van der Waals surface area contributed by atoms with E-state index < -0.39 is 24.0 Å². The van der Waals surface area contributed by atoms with Crippen molar-refractivity contribution >= 4 is 11.6 Å². The van der Waals surface area contributed by atoms with Gasteiger partial charge in [0.1, 0.15) is 5.60 Å². The van der Waals surface area contributed by atoms with Crippen molar-refractivity contribution in [3.05, 3.63) is 23.9 Å². The van der Waals surface area contributed by atoms with Gasteiger partial charge in [-0.25, -0.2) is 13.3 Å². The largest absolute Gasteiger partial charge is 0.384 e. The number of nitrogens with zero attached hydrogens (tertiary/aromatic N) is 4. The summed E-state index contributed by atoms with van der Waals surface area (Å²) >= 11 is 0. The molecule has 0 radical (unpaired) electrons. The molecule has 1 aliphatic rings. The van der Waals surface area contributed by atoms with E-state index in [1.165, 1.54) is 22.8 Å². The van der Waals surface area contributed by atoms with Gasteiger partial charge in [0.15, 0.2) is 5.65 Å². The fourth-order valence-electron chi connectivity index (χ4n) is 2.84. The van der Waals surface area contributed by atoms with E-state index in [4.69, 9.17) is 0 Å². The van der Waals surface area contributed by atoms with Gasteiger partial charge >= 0.3 is 0 Å². The zero-order valence-electron chi connectivity index (χ0n) is 12.4. The van der Waals surface area contributed by atoms with Crippen molar-refractivity contribution in [2.24, 2.45) is 0 Å². The molecule has 0 aliphatic heterocycles. The topological polar surface area (TPSA) is 92.4 Å². The highest BCUT2D eigenvalue weighted by atomic mass is 19.3. The van der Waals surface area contributed by atoms with E-state index in [0.29, 0.717) is 18.5 Å². The van der Waals surface area contributed by atoms with Gasteiger partial charge in [-0.2, -0.15) is 0 Å². The number of nitrogens with one attached hydrogen (secondary N) is 1. The van der Waals surface area contributed by atoms with E-state index in [1.54, 1.807) is 0 Å². The summed E-state index contributed by atoms with van der Waals surface area (Å²) in [5.74, 6) is -4.03. The van der Waals surface area contributed by atoms with Crippen LogP contribution in [0.2, 0.25) is 0 Å². The van der Waals surface area contributed by atoms with Gasteiger partial charge in [-0.1, -0.05) is 19.3 Å². The first-order valence-electron chi connectivity index (χ1n) is 7.47. The SMILES string of the molecule is O=C(NCC(F)(F)C1(O)CCCCC1)c1ccn2nnnc2c1. The first kappa shape index (κ1) is 15.7. The molecule has 9 heteroatoms. The molecule has 124 valence electrons. The van der Waals surface area contributed by atoms with Gasteiger partial charge in [0.2, 0.25) is 0 Å². The van der Waals surface area contributed by atoms with Crippen molar-refractivity contribution < 1.29 is 18.7 Å². The maximum Gasteiger partial charge on any atom is 0.293 e. The molecule has 0 bridgehead atoms. The first-order chi connectivity index (χ1) is 10.9. The van der Waals surface area contributed by atoms with Crippen molar-refractivity contribution in [2.75, 3.05) is 6.54 Å². The number of amides is 1. The number of hydrogen-bond donors (Lipinski definition) is 2. The lowest BCUT2D eigenvalue weighted by molar-refractivity contribution is -0.191. The van der Waals surface area contributed by atoms with Crippen molar-refractivity contribution in [1.82, 2.24) is 25.4 Å². The fraction of sp³-hybridized carbons (Fsp3) is 0.571. The van der Waals surface area contributed by atoms with Crippen LogP contribution in [-0.2, 0) is 0 Å². The molecule has 1 saturated carbocycles. The first-order valence-corrected chi connectivity index (χ1v) is 7.47. The van der Waals surface area contributed by atoms with Crippen LogP contribution in [0.5, 0.6) is 0 Å². The highest BCUT2D eigenvalue weighted by molar-refractivity contribution is 5.95. The molecular weight excluding hydrogens is 308 g/mol. The van der Waals surface area contributed by atoms with E-state index in [1.807, 2.05) is 0 Å². The molecule has 0 aromatic carbocycles. The van der Waals surface area contributed by atoms with Gasteiger partial charge in [0, 0.05) is 11.8 Å². The predicted molar refractivity (Wildman–Crippen MR) is 76.1 cm³/mol. The molecule has 7 nitrogen and oxygen atoms in total. The van der Waals surface area contributed by atoms with Gasteiger partial charge in [-0.15, -0.1) is 5.10 Å². The summed E-state index contributed by atoms with van der Waals surface area (Å²) < 4.78 is 29.9. The summed E-state index contributed by atoms with van der Waals surface area (Å²) in [5.41, 5.74) is -1.52. The Morgan fingerprint density at radius 1 is 1.39 bits per heavy atom. The van der Waals surface area contributed by atoms with Gasteiger partial charge in [0.25, 0.3) is 11.8 Å². The summed E-state index contributed by atoms with van der Waals surface area (Å²) in [7, 11) is 0. The second-order valence-corrected chi connectivity index (χ2v) is 5.88. The van der Waals surface area contributed by atoms with E-state index in [9.17, 15) is 18.7 Å². The van der Waals surface area contributed by atoms with Crippen LogP contribution in [0.25, 0.3) is 5.65 Å². The Morgan fingerprint density at radius 2 is 2.13 bits per heavy atom. The van der Waals surface area contributed by atoms with Crippen molar-refractivity contribution in [1.29, 1.82) is 0 Å². The monoisotopic (exact) mass is 325 g/mol. The third-order valence-electron chi connectivity index (χ3n) is 4.29. The zero-order chi connectivity index (χ0) is 16.5. The van der Waals surface area contributed by atoms with Gasteiger partial charge in [0.05, 0.1) is 6.54 Å². The van der Waals surface area contributed by atoms with Crippen LogP contribution in [0.1, 0.15) is 42.5 Å². The smallest absolute Gasteiger partial charge is 0.293 e. The molecule has 2 aromatic rings. The van der Waals surface area contributed by atoms with Gasteiger partial charge < -0.3 is 10.4 Å². The highest BCUT2D eigenvalue weighted by Crippen LogP contribution is 2.40. The fourth-order valence-corrected chi connectivity index (χ4v) is 2.84. The Hall–Kier alpha value is -2.16. The Morgan fingerprint density at radius 3 is 2.87 bits per heavy atom. The number of hydrogen-bond acceptors (Lipinski definition) is 5. The minimum Gasteiger partial charge on any atom is -0.384 e. The normalized spacial score (nSPS) is 18.0. The molecule has 1 amide bonds. The molecule has 3 rings (SSSR count). The quantitative estimate of drug-likeness (QED) is 0.881. The molecule has 0 spiro atoms. The van der Waals surface area contributed by atoms with Crippen LogP contribution in [0.15, 0.2) is 18.3 Å². The minimum atomic E-state index is -3.37. The Labute approximate surface area is 130 Å². The number of tetrazole rings is 1. The lowest BCUT2D eigenvalue weighted by Crippen LogP contribution is -2.55. The summed E-state index contributed by atoms with van der Waals surface area (Å²) in [6, 6.07) is 2.84. The van der Waals surface area contributed by atoms with Crippen LogP contribution in [0.4, 0.5) is 8.78 Å². The molecule has 2 N–H and O–H groups in total. The van der Waals surface area contributed by atoms with Crippen LogP contribution in [0, 0.1) is 0 Å². The third-order valence-corrected chi connectivity index (χ3v) is 4.29. The van der Waals surface area contributed by atoms with Gasteiger partial charge in [-0.05, 0) is 35.4 Å². The number of fused-ring (bicyclic) bond motifs is 1. The van der Waals surface area contributed by atoms with Crippen LogP contribution >= 0.6 is 0 Å². The number of alkyl halides is 2. The van der Waals surface area contributed by atoms with Crippen molar-refractivity contribution in [2.45, 2.75) is 43.6 Å². The molecule has 1 fully saturated rings. The zero-order valence-corrected chi connectivity index (χ0v) is 12.4. The molecule has 23 heavy (non-hydrogen) atoms. The molecule has 2 aromatic heterocycles. The van der Waals surface area contributed by atoms with E-state index in [0.717, 1.165) is 6.42 Å². The van der Waals surface area contributed by atoms with Crippen LogP contribution in [-0.4, -0.2) is 49.1 Å². The van der Waals surface area contributed by atoms with Crippen LogP contribution < -0.4 is 5.32 Å². The summed E-state index contributed by atoms with van der Waals surface area (Å²) in [4.78, 5) is 12.0. The van der Waals surface area contributed by atoms with E-state index in [-0.39, 0.29) is 18.4 Å². The number of aliphatic hydroxyl groups is 1. The molecule has 0 saturated heterocycles. The van der Waals surface area contributed by atoms with Crippen LogP contribution in [0.3, 0.4) is 0 Å². The number of halogens is 2. The Bertz CT molecular complexity index is 712. The lowest BCUT2D eigenvalue weighted by Gasteiger charge is -2.38. The summed E-state index contributed by atoms with van der Waals surface area (Å²) in [5, 5.41) is 23.1. The molecular formula is C14H17F2N5O2. The lowest BCUT2D eigenvalue weighted by atomic mass is 9.80. The number of pyridine rings is 1. The second-order valence-electron chi connectivity index (χ2n) is 5.88. The number of carbonyl (C=O) groups is 1. The van der Waals surface area contributed by atoms with E-state index >= 15 is 0 Å². The average Bonchev–Trinajstić information content (AvgIpc) is 3.00. The number of carbonyl (C=O) groups excluding carboxylic acids is 1. The minimum absolute atomic E-state index is 0.0489. The molecule has 1 aliphatic carbocycles. The molecule has 0 atom stereocenters. The summed E-state index contributed by atoms with van der Waals surface area (Å²) in [6.07, 6.45) is 3.54. The van der Waals surface area contributed by atoms with Gasteiger partial charge in [-0.3, -0.25) is 4.79 Å². The molecule has 2 heterocycles. The Balaban J connectivity index is 1.67. The number of aromatic nitrogens is 4. The standard InChI is InChI=1S/C14H17F2N5O2/c15-14(16,13(23)5-2-1-3-6-13)9-17-12(22)10-4-7-21-11(8-10)18-19-20-21/h4,7-8,23H,1-3,5-6,9H2,(H,17,22). The maximum absolute atomic E-state index is 14.3. The third kappa shape index (κ3) is 3.00. The highest BCUT2D eigenvalue weighted by Gasteiger charge is 2.52. The van der Waals surface area contributed by atoms with Crippen molar-refractivity contribution in [3.8, 4) is 0 Å². The molecule has 0 unspecified atom stereocenters. The average molecular weight is 325 g/mol. The van der Waals surface area contributed by atoms with Crippen molar-refractivity contribution in [3.63, 3.8) is 0 Å². The maximum atomic E-state index is 14.3. The number of rotatable bonds is 4. The Kier molecular flexibility index (Phi) is 3.97. The van der Waals surface area contributed by atoms with E-state index in [2.05, 4.69) is 20.8 Å². The second kappa shape index (κ2) is 5.80. The summed E-state index contributed by atoms with van der Waals surface area (Å²) in [6.45, 7) is -0.904.